The Balaban J connectivity index is 1.10. The molecule has 0 aliphatic carbocycles. The van der Waals surface area contributed by atoms with E-state index >= 15 is 0 Å². The second kappa shape index (κ2) is 15.8. The predicted molar refractivity (Wildman–Crippen MR) is 178 cm³/mol. The van der Waals surface area contributed by atoms with Gasteiger partial charge in [0.1, 0.15) is 35.6 Å². The number of rotatable bonds is 14. The molecule has 238 valence electrons. The van der Waals surface area contributed by atoms with Crippen LogP contribution >= 0.6 is 0 Å². The van der Waals surface area contributed by atoms with Gasteiger partial charge in [-0.2, -0.15) is 0 Å². The Kier molecular flexibility index (Phi) is 10.8. The zero-order valence-electron chi connectivity index (χ0n) is 25.7. The Labute approximate surface area is 272 Å². The van der Waals surface area contributed by atoms with Crippen molar-refractivity contribution in [2.24, 2.45) is 0 Å². The molecule has 0 heterocycles. The monoisotopic (exact) mass is 630 g/mol. The van der Waals surface area contributed by atoms with E-state index in [-0.39, 0.29) is 24.3 Å². The van der Waals surface area contributed by atoms with Crippen LogP contribution < -0.4 is 24.8 Å². The lowest BCUT2D eigenvalue weighted by molar-refractivity contribution is -0.139. The van der Waals surface area contributed by atoms with Gasteiger partial charge in [0.2, 0.25) is 5.91 Å². The second-order valence-corrected chi connectivity index (χ2v) is 10.7. The van der Waals surface area contributed by atoms with E-state index in [0.717, 1.165) is 16.9 Å². The van der Waals surface area contributed by atoms with Crippen molar-refractivity contribution < 1.29 is 33.7 Å². The number of amides is 2. The normalized spacial score (nSPS) is 11.2. The second-order valence-electron chi connectivity index (χ2n) is 10.7. The summed E-state index contributed by atoms with van der Waals surface area (Å²) in [4.78, 5) is 37.3. The van der Waals surface area contributed by atoms with Crippen molar-refractivity contribution in [3.8, 4) is 23.0 Å². The first-order valence-corrected chi connectivity index (χ1v) is 14.9. The van der Waals surface area contributed by atoms with Gasteiger partial charge in [0.25, 0.3) is 5.91 Å². The SMILES string of the molecule is COc1ccc(CC(=O)Nc2ccc(C(=O)NC(Cc3ccc(Oc4ccc(OCc5ccccc5)cc4)cc3)C(=O)O)cc2)cc1. The van der Waals surface area contributed by atoms with Gasteiger partial charge in [-0.3, -0.25) is 9.59 Å². The fraction of sp³-hybridized carbons (Fsp3) is 0.132. The minimum absolute atomic E-state index is 0.0777. The standard InChI is InChI=1S/C38H34N2O7/c1-45-31-15-7-27(8-16-31)24-36(41)39-30-13-11-29(12-14-30)37(42)40-35(38(43)44)23-26-9-17-33(18-10-26)47-34-21-19-32(20-22-34)46-25-28-5-3-2-4-6-28/h2-22,35H,23-25H2,1H3,(H,39,41)(H,40,42)(H,43,44). The quantitative estimate of drug-likeness (QED) is 0.125. The molecule has 0 saturated heterocycles. The first kappa shape index (κ1) is 32.3. The molecule has 0 fully saturated rings. The van der Waals surface area contributed by atoms with Gasteiger partial charge in [0, 0.05) is 17.7 Å². The first-order valence-electron chi connectivity index (χ1n) is 14.9. The molecule has 0 radical (unpaired) electrons. The first-order chi connectivity index (χ1) is 22.8. The molecule has 9 heteroatoms. The fourth-order valence-electron chi connectivity index (χ4n) is 4.69. The number of hydrogen-bond donors (Lipinski definition) is 3. The van der Waals surface area contributed by atoms with Gasteiger partial charge in [-0.1, -0.05) is 54.6 Å². The Bertz CT molecular complexity index is 1770. The molecule has 0 aliphatic heterocycles. The van der Waals surface area contributed by atoms with E-state index in [4.69, 9.17) is 14.2 Å². The van der Waals surface area contributed by atoms with Gasteiger partial charge < -0.3 is 30.0 Å². The van der Waals surface area contributed by atoms with E-state index < -0.39 is 17.9 Å². The average Bonchev–Trinajstić information content (AvgIpc) is 3.09. The maximum Gasteiger partial charge on any atom is 0.326 e. The summed E-state index contributed by atoms with van der Waals surface area (Å²) in [5.41, 5.74) is 3.41. The van der Waals surface area contributed by atoms with Crippen molar-refractivity contribution in [1.29, 1.82) is 0 Å². The molecule has 47 heavy (non-hydrogen) atoms. The summed E-state index contributed by atoms with van der Waals surface area (Å²) in [6.07, 6.45) is 0.256. The van der Waals surface area contributed by atoms with Crippen LogP contribution in [-0.4, -0.2) is 36.0 Å². The van der Waals surface area contributed by atoms with E-state index in [9.17, 15) is 19.5 Å². The van der Waals surface area contributed by atoms with Crippen molar-refractivity contribution in [1.82, 2.24) is 5.32 Å². The van der Waals surface area contributed by atoms with E-state index in [1.807, 2.05) is 66.7 Å². The molecule has 0 spiro atoms. The number of carboxylic acid groups (broad SMARTS) is 1. The van der Waals surface area contributed by atoms with Crippen molar-refractivity contribution in [3.63, 3.8) is 0 Å². The highest BCUT2D eigenvalue weighted by atomic mass is 16.5. The van der Waals surface area contributed by atoms with Gasteiger partial charge in [-0.15, -0.1) is 0 Å². The van der Waals surface area contributed by atoms with Gasteiger partial charge in [-0.25, -0.2) is 4.79 Å². The summed E-state index contributed by atoms with van der Waals surface area (Å²) >= 11 is 0. The third kappa shape index (κ3) is 9.70. The minimum atomic E-state index is -1.16. The van der Waals surface area contributed by atoms with Crippen LogP contribution in [0.5, 0.6) is 23.0 Å². The number of benzene rings is 5. The van der Waals surface area contributed by atoms with Crippen LogP contribution in [0.1, 0.15) is 27.0 Å². The largest absolute Gasteiger partial charge is 0.497 e. The molecule has 5 aromatic rings. The maximum atomic E-state index is 12.9. The number of methoxy groups -OCH3 is 1. The molecule has 0 aromatic heterocycles. The molecular weight excluding hydrogens is 596 g/mol. The van der Waals surface area contributed by atoms with Crippen molar-refractivity contribution in [2.45, 2.75) is 25.5 Å². The highest BCUT2D eigenvalue weighted by molar-refractivity contribution is 5.98. The van der Waals surface area contributed by atoms with Crippen molar-refractivity contribution in [2.75, 3.05) is 12.4 Å². The van der Waals surface area contributed by atoms with Crippen LogP contribution in [0.25, 0.3) is 0 Å². The average molecular weight is 631 g/mol. The molecule has 0 bridgehead atoms. The van der Waals surface area contributed by atoms with Crippen LogP contribution in [0.15, 0.2) is 127 Å². The third-order valence-electron chi connectivity index (χ3n) is 7.23. The summed E-state index contributed by atoms with van der Waals surface area (Å²) in [6, 6.07) is 36.5. The summed E-state index contributed by atoms with van der Waals surface area (Å²) < 4.78 is 16.9. The Morgan fingerprint density at radius 1 is 0.660 bits per heavy atom. The van der Waals surface area contributed by atoms with E-state index in [1.54, 1.807) is 55.6 Å². The Morgan fingerprint density at radius 2 is 1.23 bits per heavy atom. The van der Waals surface area contributed by atoms with Crippen LogP contribution in [-0.2, 0) is 29.0 Å². The molecule has 0 aliphatic rings. The molecule has 1 atom stereocenters. The van der Waals surface area contributed by atoms with E-state index in [2.05, 4.69) is 10.6 Å². The summed E-state index contributed by atoms with van der Waals surface area (Å²) in [7, 11) is 1.58. The van der Waals surface area contributed by atoms with E-state index in [1.165, 1.54) is 12.1 Å². The number of ether oxygens (including phenoxy) is 3. The molecule has 5 aromatic carbocycles. The van der Waals surface area contributed by atoms with Crippen LogP contribution in [0.2, 0.25) is 0 Å². The van der Waals surface area contributed by atoms with Gasteiger partial charge in [-0.05, 0) is 89.5 Å². The zero-order chi connectivity index (χ0) is 33.0. The number of nitrogens with one attached hydrogen (secondary N) is 2. The summed E-state index contributed by atoms with van der Waals surface area (Å²) in [5, 5.41) is 15.2. The molecule has 9 nitrogen and oxygen atoms in total. The smallest absolute Gasteiger partial charge is 0.326 e. The van der Waals surface area contributed by atoms with Crippen molar-refractivity contribution in [3.05, 3.63) is 150 Å². The zero-order valence-corrected chi connectivity index (χ0v) is 25.7. The highest BCUT2D eigenvalue weighted by Gasteiger charge is 2.21. The molecule has 2 amide bonds. The van der Waals surface area contributed by atoms with E-state index in [0.29, 0.717) is 35.1 Å². The molecule has 5 rings (SSSR count). The maximum absolute atomic E-state index is 12.9. The lowest BCUT2D eigenvalue weighted by Gasteiger charge is -2.15. The predicted octanol–water partition coefficient (Wildman–Crippen LogP) is 6.67. The topological polar surface area (TPSA) is 123 Å². The number of hydrogen-bond acceptors (Lipinski definition) is 6. The lowest BCUT2D eigenvalue weighted by Crippen LogP contribution is -2.42. The van der Waals surface area contributed by atoms with Crippen LogP contribution in [0, 0.1) is 0 Å². The number of anilines is 1. The number of carbonyl (C=O) groups excluding carboxylic acids is 2. The fourth-order valence-corrected chi connectivity index (χ4v) is 4.69. The van der Waals surface area contributed by atoms with Crippen LogP contribution in [0.3, 0.4) is 0 Å². The molecular formula is C38H34N2O7. The Morgan fingerprint density at radius 3 is 1.85 bits per heavy atom. The number of carbonyl (C=O) groups is 3. The number of carboxylic acids is 1. The van der Waals surface area contributed by atoms with Gasteiger partial charge in [0.05, 0.1) is 13.5 Å². The van der Waals surface area contributed by atoms with Gasteiger partial charge >= 0.3 is 5.97 Å². The summed E-state index contributed by atoms with van der Waals surface area (Å²) in [5.74, 6) is 0.737. The minimum Gasteiger partial charge on any atom is -0.497 e. The molecule has 0 saturated carbocycles. The highest BCUT2D eigenvalue weighted by Crippen LogP contribution is 2.25. The summed E-state index contributed by atoms with van der Waals surface area (Å²) in [6.45, 7) is 0.471. The lowest BCUT2D eigenvalue weighted by atomic mass is 10.0. The molecule has 3 N–H and O–H groups in total. The third-order valence-corrected chi connectivity index (χ3v) is 7.23. The Hall–Kier alpha value is -6.09. The van der Waals surface area contributed by atoms with Crippen LogP contribution in [0.4, 0.5) is 5.69 Å². The van der Waals surface area contributed by atoms with Crippen molar-refractivity contribution >= 4 is 23.5 Å². The number of aliphatic carboxylic acids is 1. The van der Waals surface area contributed by atoms with Gasteiger partial charge in [0.15, 0.2) is 0 Å². The molecule has 1 unspecified atom stereocenters.